The summed E-state index contributed by atoms with van der Waals surface area (Å²) in [5, 5.41) is 9.45. The molecule has 0 saturated carbocycles. The second-order valence-electron chi connectivity index (χ2n) is 4.81. The largest absolute Gasteiger partial charge is 0.496 e. The molecule has 0 aliphatic carbocycles. The van der Waals surface area contributed by atoms with Crippen LogP contribution in [-0.2, 0) is 6.42 Å². The minimum atomic E-state index is 0.252. The lowest BCUT2D eigenvalue weighted by atomic mass is 9.89. The summed E-state index contributed by atoms with van der Waals surface area (Å²) in [5.74, 6) is 1.93. The Balaban J connectivity index is 2.66. The van der Waals surface area contributed by atoms with E-state index in [1.54, 1.807) is 7.11 Å². The molecule has 0 spiro atoms. The standard InChI is InChI=1S/C15H24O2/c1-4-12(2)9-13(11-16)10-14-7-5-6-8-15(14)17-3/h5-8,12-13,16H,4,9-11H2,1-3H3. The number of ether oxygens (including phenoxy) is 1. The Morgan fingerprint density at radius 2 is 2.00 bits per heavy atom. The smallest absolute Gasteiger partial charge is 0.122 e. The zero-order valence-corrected chi connectivity index (χ0v) is 11.1. The molecule has 0 radical (unpaired) electrons. The number of aliphatic hydroxyl groups is 1. The van der Waals surface area contributed by atoms with Gasteiger partial charge in [0.2, 0.25) is 0 Å². The van der Waals surface area contributed by atoms with E-state index in [0.29, 0.717) is 11.8 Å². The Labute approximate surface area is 105 Å². The molecule has 0 bridgehead atoms. The average Bonchev–Trinajstić information content (AvgIpc) is 2.38. The lowest BCUT2D eigenvalue weighted by Gasteiger charge is -2.19. The molecular formula is C15H24O2. The topological polar surface area (TPSA) is 29.5 Å². The van der Waals surface area contributed by atoms with Gasteiger partial charge < -0.3 is 9.84 Å². The molecule has 2 unspecified atom stereocenters. The van der Waals surface area contributed by atoms with Gasteiger partial charge in [-0.25, -0.2) is 0 Å². The van der Waals surface area contributed by atoms with E-state index in [0.717, 1.165) is 18.6 Å². The SMILES string of the molecule is CCC(C)CC(CO)Cc1ccccc1OC. The molecule has 0 heterocycles. The fraction of sp³-hybridized carbons (Fsp3) is 0.600. The first kappa shape index (κ1) is 14.0. The third-order valence-electron chi connectivity index (χ3n) is 3.39. The summed E-state index contributed by atoms with van der Waals surface area (Å²) < 4.78 is 5.34. The molecule has 2 heteroatoms. The highest BCUT2D eigenvalue weighted by Gasteiger charge is 2.14. The number of rotatable bonds is 7. The van der Waals surface area contributed by atoms with E-state index < -0.39 is 0 Å². The minimum Gasteiger partial charge on any atom is -0.496 e. The molecule has 0 amide bonds. The predicted octanol–water partition coefficient (Wildman–Crippen LogP) is 3.28. The number of hydrogen-bond acceptors (Lipinski definition) is 2. The summed E-state index contributed by atoms with van der Waals surface area (Å²) >= 11 is 0. The first-order chi connectivity index (χ1) is 8.21. The lowest BCUT2D eigenvalue weighted by Crippen LogP contribution is -2.14. The van der Waals surface area contributed by atoms with Gasteiger partial charge in [-0.2, -0.15) is 0 Å². The maximum Gasteiger partial charge on any atom is 0.122 e. The molecule has 0 aliphatic heterocycles. The molecule has 1 rings (SSSR count). The summed E-state index contributed by atoms with van der Waals surface area (Å²) in [5.41, 5.74) is 1.19. The monoisotopic (exact) mass is 236 g/mol. The molecule has 1 N–H and O–H groups in total. The van der Waals surface area contributed by atoms with Crippen LogP contribution in [0.2, 0.25) is 0 Å². The quantitative estimate of drug-likeness (QED) is 0.787. The van der Waals surface area contributed by atoms with Crippen molar-refractivity contribution in [3.63, 3.8) is 0 Å². The lowest BCUT2D eigenvalue weighted by molar-refractivity contribution is 0.200. The summed E-state index contributed by atoms with van der Waals surface area (Å²) in [4.78, 5) is 0. The van der Waals surface area contributed by atoms with Crippen LogP contribution in [-0.4, -0.2) is 18.8 Å². The van der Waals surface area contributed by atoms with Crippen LogP contribution in [0.15, 0.2) is 24.3 Å². The van der Waals surface area contributed by atoms with Crippen LogP contribution in [0.4, 0.5) is 0 Å². The molecule has 17 heavy (non-hydrogen) atoms. The van der Waals surface area contributed by atoms with Gasteiger partial charge in [0.15, 0.2) is 0 Å². The van der Waals surface area contributed by atoms with Gasteiger partial charge in [0.1, 0.15) is 5.75 Å². The molecule has 2 atom stereocenters. The van der Waals surface area contributed by atoms with Crippen molar-refractivity contribution in [3.05, 3.63) is 29.8 Å². The van der Waals surface area contributed by atoms with Gasteiger partial charge in [-0.3, -0.25) is 0 Å². The Morgan fingerprint density at radius 1 is 1.29 bits per heavy atom. The Kier molecular flexibility index (Phi) is 6.06. The van der Waals surface area contributed by atoms with Gasteiger partial charge in [-0.15, -0.1) is 0 Å². The van der Waals surface area contributed by atoms with Gasteiger partial charge in [-0.1, -0.05) is 38.5 Å². The minimum absolute atomic E-state index is 0.252. The van der Waals surface area contributed by atoms with E-state index in [2.05, 4.69) is 19.9 Å². The van der Waals surface area contributed by atoms with Crippen LogP contribution >= 0.6 is 0 Å². The van der Waals surface area contributed by atoms with Crippen LogP contribution in [0.5, 0.6) is 5.75 Å². The van der Waals surface area contributed by atoms with Gasteiger partial charge >= 0.3 is 0 Å². The fourth-order valence-corrected chi connectivity index (χ4v) is 2.14. The second kappa shape index (κ2) is 7.33. The van der Waals surface area contributed by atoms with E-state index in [1.165, 1.54) is 12.0 Å². The van der Waals surface area contributed by atoms with Crippen LogP contribution in [0.3, 0.4) is 0 Å². The maximum absolute atomic E-state index is 9.45. The highest BCUT2D eigenvalue weighted by molar-refractivity contribution is 5.33. The number of para-hydroxylation sites is 1. The van der Waals surface area contributed by atoms with Crippen LogP contribution in [0, 0.1) is 11.8 Å². The van der Waals surface area contributed by atoms with E-state index in [1.807, 2.05) is 18.2 Å². The molecule has 2 nitrogen and oxygen atoms in total. The number of hydrogen-bond donors (Lipinski definition) is 1. The first-order valence-corrected chi connectivity index (χ1v) is 6.44. The zero-order valence-electron chi connectivity index (χ0n) is 11.1. The van der Waals surface area contributed by atoms with Crippen molar-refractivity contribution in [1.82, 2.24) is 0 Å². The highest BCUT2D eigenvalue weighted by Crippen LogP contribution is 2.24. The van der Waals surface area contributed by atoms with Crippen molar-refractivity contribution < 1.29 is 9.84 Å². The molecule has 1 aromatic carbocycles. The van der Waals surface area contributed by atoms with Crippen molar-refractivity contribution in [2.75, 3.05) is 13.7 Å². The van der Waals surface area contributed by atoms with Crippen LogP contribution < -0.4 is 4.74 Å². The van der Waals surface area contributed by atoms with E-state index in [9.17, 15) is 5.11 Å². The van der Waals surface area contributed by atoms with E-state index >= 15 is 0 Å². The number of methoxy groups -OCH3 is 1. The molecule has 0 aliphatic rings. The van der Waals surface area contributed by atoms with Gasteiger partial charge in [0, 0.05) is 6.61 Å². The third kappa shape index (κ3) is 4.39. The van der Waals surface area contributed by atoms with Crippen molar-refractivity contribution >= 4 is 0 Å². The highest BCUT2D eigenvalue weighted by atomic mass is 16.5. The Bertz CT molecular complexity index is 322. The number of benzene rings is 1. The zero-order chi connectivity index (χ0) is 12.7. The van der Waals surface area contributed by atoms with E-state index in [4.69, 9.17) is 4.74 Å². The van der Waals surface area contributed by atoms with Crippen molar-refractivity contribution in [2.45, 2.75) is 33.1 Å². The Hall–Kier alpha value is -1.02. The summed E-state index contributed by atoms with van der Waals surface area (Å²) in [6.07, 6.45) is 3.14. The van der Waals surface area contributed by atoms with E-state index in [-0.39, 0.29) is 6.61 Å². The summed E-state index contributed by atoms with van der Waals surface area (Å²) in [7, 11) is 1.70. The molecule has 0 aromatic heterocycles. The summed E-state index contributed by atoms with van der Waals surface area (Å²) in [6.45, 7) is 4.69. The normalized spacial score (nSPS) is 14.4. The van der Waals surface area contributed by atoms with Gasteiger partial charge in [0.05, 0.1) is 7.11 Å². The van der Waals surface area contributed by atoms with Crippen molar-refractivity contribution in [3.8, 4) is 5.75 Å². The molecular weight excluding hydrogens is 212 g/mol. The van der Waals surface area contributed by atoms with Crippen molar-refractivity contribution in [2.24, 2.45) is 11.8 Å². The average molecular weight is 236 g/mol. The molecule has 0 fully saturated rings. The third-order valence-corrected chi connectivity index (χ3v) is 3.39. The molecule has 1 aromatic rings. The van der Waals surface area contributed by atoms with Crippen molar-refractivity contribution in [1.29, 1.82) is 0 Å². The Morgan fingerprint density at radius 3 is 2.59 bits per heavy atom. The maximum atomic E-state index is 9.45. The first-order valence-electron chi connectivity index (χ1n) is 6.44. The second-order valence-corrected chi connectivity index (χ2v) is 4.81. The molecule has 96 valence electrons. The summed E-state index contributed by atoms with van der Waals surface area (Å²) in [6, 6.07) is 8.06. The van der Waals surface area contributed by atoms with Gasteiger partial charge in [-0.05, 0) is 36.3 Å². The number of aliphatic hydroxyl groups excluding tert-OH is 1. The van der Waals surface area contributed by atoms with Crippen LogP contribution in [0.1, 0.15) is 32.3 Å². The predicted molar refractivity (Wildman–Crippen MR) is 71.3 cm³/mol. The van der Waals surface area contributed by atoms with Gasteiger partial charge in [0.25, 0.3) is 0 Å². The van der Waals surface area contributed by atoms with Crippen LogP contribution in [0.25, 0.3) is 0 Å². The molecule has 0 saturated heterocycles. The fourth-order valence-electron chi connectivity index (χ4n) is 2.14.